The van der Waals surface area contributed by atoms with Gasteiger partial charge in [-0.05, 0) is 12.8 Å². The first-order valence-corrected chi connectivity index (χ1v) is 3.02. The molecule has 0 unspecified atom stereocenters. The Labute approximate surface area is 53.9 Å². The van der Waals surface area contributed by atoms with Crippen LogP contribution in [0.4, 0.5) is 0 Å². The summed E-state index contributed by atoms with van der Waals surface area (Å²) in [5.74, 6) is 0. The second-order valence-corrected chi connectivity index (χ2v) is 2.14. The van der Waals surface area contributed by atoms with Gasteiger partial charge in [-0.2, -0.15) is 5.26 Å². The Bertz CT molecular complexity index is 130. The van der Waals surface area contributed by atoms with Crippen LogP contribution in [0.15, 0.2) is 0 Å². The molecule has 1 aliphatic rings. The summed E-state index contributed by atoms with van der Waals surface area (Å²) >= 11 is 0. The molecule has 2 atom stereocenters. The molecule has 1 aliphatic heterocycles. The quantitative estimate of drug-likeness (QED) is 0.541. The van der Waals surface area contributed by atoms with Gasteiger partial charge < -0.3 is 9.84 Å². The van der Waals surface area contributed by atoms with Gasteiger partial charge in [-0.3, -0.25) is 0 Å². The van der Waals surface area contributed by atoms with E-state index < -0.39 is 0 Å². The Hall–Kier alpha value is -0.590. The monoisotopic (exact) mass is 127 g/mol. The second-order valence-electron chi connectivity index (χ2n) is 2.14. The van der Waals surface area contributed by atoms with Crippen LogP contribution in [0.5, 0.6) is 0 Å². The fourth-order valence-electron chi connectivity index (χ4n) is 0.935. The Morgan fingerprint density at radius 3 is 2.78 bits per heavy atom. The van der Waals surface area contributed by atoms with E-state index in [1.54, 1.807) is 0 Å². The van der Waals surface area contributed by atoms with Crippen molar-refractivity contribution >= 4 is 0 Å². The first kappa shape index (κ1) is 6.53. The average molecular weight is 127 g/mol. The topological polar surface area (TPSA) is 53.2 Å². The third kappa shape index (κ3) is 1.41. The minimum Gasteiger partial charge on any atom is -0.394 e. The van der Waals surface area contributed by atoms with E-state index in [1.165, 1.54) is 0 Å². The minimum absolute atomic E-state index is 0.0399. The van der Waals surface area contributed by atoms with E-state index >= 15 is 0 Å². The zero-order chi connectivity index (χ0) is 6.69. The van der Waals surface area contributed by atoms with Crippen molar-refractivity contribution in [1.82, 2.24) is 0 Å². The predicted molar refractivity (Wildman–Crippen MR) is 30.6 cm³/mol. The van der Waals surface area contributed by atoms with Gasteiger partial charge in [-0.25, -0.2) is 0 Å². The highest BCUT2D eigenvalue weighted by Gasteiger charge is 2.23. The van der Waals surface area contributed by atoms with Gasteiger partial charge in [0.05, 0.1) is 18.8 Å². The standard InChI is InChI=1S/C6H9NO2/c7-3-5-1-2-6(4-8)9-5/h5-6,8H,1-2,4H2/t5-,6+/m1/s1. The lowest BCUT2D eigenvalue weighted by molar-refractivity contribution is 0.0339. The number of nitriles is 1. The third-order valence-electron chi connectivity index (χ3n) is 1.46. The number of hydrogen-bond acceptors (Lipinski definition) is 3. The maximum atomic E-state index is 8.54. The number of aliphatic hydroxyl groups is 1. The summed E-state index contributed by atoms with van der Waals surface area (Å²) in [4.78, 5) is 0. The summed E-state index contributed by atoms with van der Waals surface area (Å²) in [6.45, 7) is 0.0399. The van der Waals surface area contributed by atoms with Gasteiger partial charge in [0, 0.05) is 0 Å². The molecular formula is C6H9NO2. The predicted octanol–water partition coefficient (Wildman–Crippen LogP) is 0.0499. The van der Waals surface area contributed by atoms with E-state index in [9.17, 15) is 0 Å². The lowest BCUT2D eigenvalue weighted by Gasteiger charge is -2.03. The molecule has 0 spiro atoms. The van der Waals surface area contributed by atoms with Gasteiger partial charge >= 0.3 is 0 Å². The lowest BCUT2D eigenvalue weighted by Crippen LogP contribution is -2.12. The first-order valence-electron chi connectivity index (χ1n) is 3.02. The summed E-state index contributed by atoms with van der Waals surface area (Å²) in [5.41, 5.74) is 0. The van der Waals surface area contributed by atoms with Crippen molar-refractivity contribution in [2.24, 2.45) is 0 Å². The summed E-state index contributed by atoms with van der Waals surface area (Å²) in [7, 11) is 0. The van der Waals surface area contributed by atoms with Crippen molar-refractivity contribution in [2.75, 3.05) is 6.61 Å². The van der Waals surface area contributed by atoms with Crippen molar-refractivity contribution in [3.63, 3.8) is 0 Å². The summed E-state index contributed by atoms with van der Waals surface area (Å²) in [5, 5.41) is 16.9. The highest BCUT2D eigenvalue weighted by Crippen LogP contribution is 2.17. The molecule has 0 bridgehead atoms. The zero-order valence-corrected chi connectivity index (χ0v) is 5.08. The van der Waals surface area contributed by atoms with Crippen LogP contribution < -0.4 is 0 Å². The van der Waals surface area contributed by atoms with Crippen molar-refractivity contribution in [2.45, 2.75) is 25.0 Å². The van der Waals surface area contributed by atoms with Crippen LogP contribution in [0, 0.1) is 11.3 Å². The Morgan fingerprint density at radius 2 is 2.44 bits per heavy atom. The molecule has 0 radical (unpaired) electrons. The minimum atomic E-state index is -0.276. The fourth-order valence-corrected chi connectivity index (χ4v) is 0.935. The molecule has 3 heteroatoms. The molecule has 1 fully saturated rings. The molecule has 0 amide bonds. The van der Waals surface area contributed by atoms with Crippen molar-refractivity contribution in [3.8, 4) is 6.07 Å². The van der Waals surface area contributed by atoms with Crippen LogP contribution in [0.2, 0.25) is 0 Å². The number of aliphatic hydroxyl groups excluding tert-OH is 1. The molecule has 1 saturated heterocycles. The van der Waals surface area contributed by atoms with Gasteiger partial charge in [0.2, 0.25) is 0 Å². The molecule has 1 rings (SSSR count). The van der Waals surface area contributed by atoms with E-state index in [0.29, 0.717) is 0 Å². The largest absolute Gasteiger partial charge is 0.394 e. The molecule has 0 saturated carbocycles. The van der Waals surface area contributed by atoms with Crippen LogP contribution in [0.3, 0.4) is 0 Å². The molecule has 0 aromatic heterocycles. The smallest absolute Gasteiger partial charge is 0.144 e. The maximum Gasteiger partial charge on any atom is 0.144 e. The average Bonchev–Trinajstić information content (AvgIpc) is 2.34. The highest BCUT2D eigenvalue weighted by atomic mass is 16.5. The number of rotatable bonds is 1. The van der Waals surface area contributed by atoms with Gasteiger partial charge in [-0.1, -0.05) is 0 Å². The van der Waals surface area contributed by atoms with E-state index in [1.807, 2.05) is 6.07 Å². The Morgan fingerprint density at radius 1 is 1.67 bits per heavy atom. The molecule has 0 aliphatic carbocycles. The Kier molecular flexibility index (Phi) is 2.04. The van der Waals surface area contributed by atoms with Crippen LogP contribution in [-0.4, -0.2) is 23.9 Å². The lowest BCUT2D eigenvalue weighted by atomic mass is 10.2. The van der Waals surface area contributed by atoms with E-state index in [2.05, 4.69) is 0 Å². The molecule has 1 heterocycles. The first-order chi connectivity index (χ1) is 4.36. The molecule has 1 N–H and O–H groups in total. The molecule has 50 valence electrons. The zero-order valence-electron chi connectivity index (χ0n) is 5.08. The number of nitrogens with zero attached hydrogens (tertiary/aromatic N) is 1. The van der Waals surface area contributed by atoms with E-state index in [0.717, 1.165) is 12.8 Å². The normalized spacial score (nSPS) is 34.2. The molecule has 0 aromatic carbocycles. The fraction of sp³-hybridized carbons (Fsp3) is 0.833. The van der Waals surface area contributed by atoms with Gasteiger partial charge in [0.15, 0.2) is 0 Å². The van der Waals surface area contributed by atoms with Crippen LogP contribution >= 0.6 is 0 Å². The van der Waals surface area contributed by atoms with Gasteiger partial charge in [0.25, 0.3) is 0 Å². The maximum absolute atomic E-state index is 8.54. The third-order valence-corrected chi connectivity index (χ3v) is 1.46. The SMILES string of the molecule is N#C[C@H]1CC[C@@H](CO)O1. The summed E-state index contributed by atoms with van der Waals surface area (Å²) in [6, 6.07) is 1.99. The Balaban J connectivity index is 2.31. The summed E-state index contributed by atoms with van der Waals surface area (Å²) in [6.07, 6.45) is 1.22. The van der Waals surface area contributed by atoms with Crippen molar-refractivity contribution in [3.05, 3.63) is 0 Å². The van der Waals surface area contributed by atoms with E-state index in [-0.39, 0.29) is 18.8 Å². The van der Waals surface area contributed by atoms with Gasteiger partial charge in [-0.15, -0.1) is 0 Å². The second kappa shape index (κ2) is 2.81. The summed E-state index contributed by atoms with van der Waals surface area (Å²) < 4.78 is 5.05. The molecule has 9 heavy (non-hydrogen) atoms. The van der Waals surface area contributed by atoms with E-state index in [4.69, 9.17) is 15.1 Å². The van der Waals surface area contributed by atoms with Crippen molar-refractivity contribution < 1.29 is 9.84 Å². The molecule has 0 aromatic rings. The van der Waals surface area contributed by atoms with Crippen LogP contribution in [0.25, 0.3) is 0 Å². The van der Waals surface area contributed by atoms with Crippen molar-refractivity contribution in [1.29, 1.82) is 5.26 Å². The van der Waals surface area contributed by atoms with Crippen LogP contribution in [-0.2, 0) is 4.74 Å². The number of hydrogen-bond donors (Lipinski definition) is 1. The van der Waals surface area contributed by atoms with Crippen LogP contribution in [0.1, 0.15) is 12.8 Å². The van der Waals surface area contributed by atoms with Gasteiger partial charge in [0.1, 0.15) is 6.10 Å². The molecule has 3 nitrogen and oxygen atoms in total. The number of ether oxygens (including phenoxy) is 1. The molecular weight excluding hydrogens is 118 g/mol. The highest BCUT2D eigenvalue weighted by molar-refractivity contribution is 4.89.